The Morgan fingerprint density at radius 1 is 1.30 bits per heavy atom. The molecule has 2 rings (SSSR count). The van der Waals surface area contributed by atoms with E-state index in [1.54, 1.807) is 7.11 Å². The molecule has 1 aromatic rings. The Kier molecular flexibility index (Phi) is 5.26. The minimum atomic E-state index is 0.177. The Morgan fingerprint density at radius 3 is 2.60 bits per heavy atom. The molecule has 0 aromatic heterocycles. The van der Waals surface area contributed by atoms with Crippen molar-refractivity contribution in [3.63, 3.8) is 0 Å². The predicted octanol–water partition coefficient (Wildman–Crippen LogP) is 2.67. The SMILES string of the molecule is COC1CCN(Cc2cc(N)ccc2OC(C)C)CC1. The summed E-state index contributed by atoms with van der Waals surface area (Å²) in [7, 11) is 1.80. The van der Waals surface area contributed by atoms with Crippen molar-refractivity contribution >= 4 is 5.69 Å². The van der Waals surface area contributed by atoms with Gasteiger partial charge in [0.2, 0.25) is 0 Å². The summed E-state index contributed by atoms with van der Waals surface area (Å²) in [6.45, 7) is 7.11. The van der Waals surface area contributed by atoms with Gasteiger partial charge in [0, 0.05) is 38.0 Å². The molecule has 0 unspecified atom stereocenters. The van der Waals surface area contributed by atoms with E-state index in [1.807, 2.05) is 32.0 Å². The highest BCUT2D eigenvalue weighted by atomic mass is 16.5. The summed E-state index contributed by atoms with van der Waals surface area (Å²) in [5.41, 5.74) is 7.88. The fourth-order valence-electron chi connectivity index (χ4n) is 2.64. The van der Waals surface area contributed by atoms with Crippen molar-refractivity contribution in [1.82, 2.24) is 4.90 Å². The lowest BCUT2D eigenvalue weighted by Gasteiger charge is -2.31. The summed E-state index contributed by atoms with van der Waals surface area (Å²) in [6, 6.07) is 5.91. The van der Waals surface area contributed by atoms with E-state index in [2.05, 4.69) is 4.90 Å². The molecule has 0 spiro atoms. The van der Waals surface area contributed by atoms with Gasteiger partial charge < -0.3 is 15.2 Å². The predicted molar refractivity (Wildman–Crippen MR) is 81.9 cm³/mol. The summed E-state index contributed by atoms with van der Waals surface area (Å²) in [5.74, 6) is 0.947. The van der Waals surface area contributed by atoms with Gasteiger partial charge in [-0.3, -0.25) is 4.90 Å². The monoisotopic (exact) mass is 278 g/mol. The van der Waals surface area contributed by atoms with Crippen LogP contribution in [0.25, 0.3) is 0 Å². The highest BCUT2D eigenvalue weighted by Crippen LogP contribution is 2.25. The molecule has 2 N–H and O–H groups in total. The van der Waals surface area contributed by atoms with Crippen LogP contribution in [-0.4, -0.2) is 37.3 Å². The molecule has 0 amide bonds. The maximum absolute atomic E-state index is 5.91. The number of anilines is 1. The van der Waals surface area contributed by atoms with Crippen molar-refractivity contribution in [3.05, 3.63) is 23.8 Å². The minimum Gasteiger partial charge on any atom is -0.491 e. The first-order valence-corrected chi connectivity index (χ1v) is 7.38. The van der Waals surface area contributed by atoms with Crippen LogP contribution in [0.5, 0.6) is 5.75 Å². The average Bonchev–Trinajstić information content (AvgIpc) is 2.42. The summed E-state index contributed by atoms with van der Waals surface area (Å²) < 4.78 is 11.3. The second-order valence-electron chi connectivity index (χ2n) is 5.74. The molecule has 1 fully saturated rings. The number of nitrogens with two attached hydrogens (primary N) is 1. The minimum absolute atomic E-state index is 0.177. The Balaban J connectivity index is 2.02. The number of rotatable bonds is 5. The molecule has 0 radical (unpaired) electrons. The lowest BCUT2D eigenvalue weighted by Crippen LogP contribution is -2.36. The van der Waals surface area contributed by atoms with E-state index in [4.69, 9.17) is 15.2 Å². The van der Waals surface area contributed by atoms with Crippen LogP contribution in [0.1, 0.15) is 32.3 Å². The Morgan fingerprint density at radius 2 is 2.00 bits per heavy atom. The van der Waals surface area contributed by atoms with Crippen LogP contribution in [0.4, 0.5) is 5.69 Å². The topological polar surface area (TPSA) is 47.7 Å². The van der Waals surface area contributed by atoms with Crippen LogP contribution >= 0.6 is 0 Å². The van der Waals surface area contributed by atoms with Crippen LogP contribution in [0.3, 0.4) is 0 Å². The van der Waals surface area contributed by atoms with Gasteiger partial charge in [-0.15, -0.1) is 0 Å². The van der Waals surface area contributed by atoms with Crippen LogP contribution in [-0.2, 0) is 11.3 Å². The van der Waals surface area contributed by atoms with Gasteiger partial charge in [0.05, 0.1) is 12.2 Å². The normalized spacial score (nSPS) is 17.6. The number of likely N-dealkylation sites (tertiary alicyclic amines) is 1. The smallest absolute Gasteiger partial charge is 0.124 e. The number of ether oxygens (including phenoxy) is 2. The van der Waals surface area contributed by atoms with E-state index in [0.717, 1.165) is 43.9 Å². The third kappa shape index (κ3) is 4.12. The molecule has 1 heterocycles. The third-order valence-corrected chi connectivity index (χ3v) is 3.71. The lowest BCUT2D eigenvalue weighted by molar-refractivity contribution is 0.0385. The number of piperidine rings is 1. The first kappa shape index (κ1) is 15.1. The molecule has 112 valence electrons. The molecule has 1 aliphatic rings. The molecular formula is C16H26N2O2. The molecule has 20 heavy (non-hydrogen) atoms. The number of nitrogen functional groups attached to an aromatic ring is 1. The van der Waals surface area contributed by atoms with Crippen molar-refractivity contribution < 1.29 is 9.47 Å². The van der Waals surface area contributed by atoms with Crippen LogP contribution in [0, 0.1) is 0 Å². The number of nitrogens with zero attached hydrogens (tertiary/aromatic N) is 1. The largest absolute Gasteiger partial charge is 0.491 e. The van der Waals surface area contributed by atoms with Crippen molar-refractivity contribution in [2.24, 2.45) is 0 Å². The molecule has 1 aromatic carbocycles. The number of hydrogen-bond acceptors (Lipinski definition) is 4. The summed E-state index contributed by atoms with van der Waals surface area (Å²) in [6.07, 6.45) is 2.79. The zero-order valence-corrected chi connectivity index (χ0v) is 12.8. The van der Waals surface area contributed by atoms with Crippen molar-refractivity contribution in [3.8, 4) is 5.75 Å². The average molecular weight is 278 g/mol. The van der Waals surface area contributed by atoms with E-state index in [1.165, 1.54) is 5.56 Å². The van der Waals surface area contributed by atoms with Gasteiger partial charge in [-0.2, -0.15) is 0 Å². The van der Waals surface area contributed by atoms with E-state index in [-0.39, 0.29) is 6.10 Å². The fourth-order valence-corrected chi connectivity index (χ4v) is 2.64. The fraction of sp³-hybridized carbons (Fsp3) is 0.625. The molecule has 0 atom stereocenters. The van der Waals surface area contributed by atoms with E-state index < -0.39 is 0 Å². The first-order chi connectivity index (χ1) is 9.58. The molecule has 4 heteroatoms. The quantitative estimate of drug-likeness (QED) is 0.841. The van der Waals surface area contributed by atoms with E-state index in [0.29, 0.717) is 6.10 Å². The summed E-state index contributed by atoms with van der Waals surface area (Å²) >= 11 is 0. The molecule has 0 bridgehead atoms. The second-order valence-corrected chi connectivity index (χ2v) is 5.74. The van der Waals surface area contributed by atoms with Crippen molar-refractivity contribution in [2.75, 3.05) is 25.9 Å². The number of benzene rings is 1. The van der Waals surface area contributed by atoms with Crippen molar-refractivity contribution in [2.45, 2.75) is 45.4 Å². The number of methoxy groups -OCH3 is 1. The zero-order valence-electron chi connectivity index (χ0n) is 12.8. The molecule has 0 saturated carbocycles. The third-order valence-electron chi connectivity index (χ3n) is 3.71. The molecule has 1 aliphatic heterocycles. The highest BCUT2D eigenvalue weighted by molar-refractivity contribution is 5.48. The maximum atomic E-state index is 5.91. The zero-order chi connectivity index (χ0) is 14.5. The Labute approximate surface area is 121 Å². The summed E-state index contributed by atoms with van der Waals surface area (Å²) in [5, 5.41) is 0. The van der Waals surface area contributed by atoms with Crippen molar-refractivity contribution in [1.29, 1.82) is 0 Å². The van der Waals surface area contributed by atoms with E-state index >= 15 is 0 Å². The van der Waals surface area contributed by atoms with Gasteiger partial charge >= 0.3 is 0 Å². The molecular weight excluding hydrogens is 252 g/mol. The number of hydrogen-bond donors (Lipinski definition) is 1. The van der Waals surface area contributed by atoms with Gasteiger partial charge in [0.1, 0.15) is 5.75 Å². The first-order valence-electron chi connectivity index (χ1n) is 7.38. The second kappa shape index (κ2) is 6.95. The van der Waals surface area contributed by atoms with Crippen LogP contribution in [0.15, 0.2) is 18.2 Å². The standard InChI is InChI=1S/C16H26N2O2/c1-12(2)20-16-5-4-14(17)10-13(16)11-18-8-6-15(19-3)7-9-18/h4-5,10,12,15H,6-9,11,17H2,1-3H3. The van der Waals surface area contributed by atoms with E-state index in [9.17, 15) is 0 Å². The van der Waals surface area contributed by atoms with Gasteiger partial charge in [0.25, 0.3) is 0 Å². The molecule has 0 aliphatic carbocycles. The Bertz CT molecular complexity index is 426. The highest BCUT2D eigenvalue weighted by Gasteiger charge is 2.20. The van der Waals surface area contributed by atoms with Gasteiger partial charge in [-0.25, -0.2) is 0 Å². The maximum Gasteiger partial charge on any atom is 0.124 e. The summed E-state index contributed by atoms with van der Waals surface area (Å²) in [4.78, 5) is 2.44. The van der Waals surface area contributed by atoms with Crippen LogP contribution < -0.4 is 10.5 Å². The van der Waals surface area contributed by atoms with Gasteiger partial charge in [-0.1, -0.05) is 0 Å². The van der Waals surface area contributed by atoms with Crippen LogP contribution in [0.2, 0.25) is 0 Å². The van der Waals surface area contributed by atoms with Gasteiger partial charge in [-0.05, 0) is 44.9 Å². The molecule has 1 saturated heterocycles. The van der Waals surface area contributed by atoms with Gasteiger partial charge in [0.15, 0.2) is 0 Å². The molecule has 4 nitrogen and oxygen atoms in total. The lowest BCUT2D eigenvalue weighted by atomic mass is 10.1. The Hall–Kier alpha value is -1.26.